The van der Waals surface area contributed by atoms with Crippen molar-refractivity contribution in [2.75, 3.05) is 19.3 Å². The summed E-state index contributed by atoms with van der Waals surface area (Å²) >= 11 is 5.75. The quantitative estimate of drug-likeness (QED) is 0.583. The molecule has 1 aromatic carbocycles. The van der Waals surface area contributed by atoms with Crippen LogP contribution in [0.2, 0.25) is 5.02 Å². The molecule has 0 unspecified atom stereocenters. The number of nitrogens with one attached hydrogen (secondary N) is 2. The second kappa shape index (κ2) is 6.71. The molecule has 21 heavy (non-hydrogen) atoms. The summed E-state index contributed by atoms with van der Waals surface area (Å²) in [5.74, 6) is -1.29. The van der Waals surface area contributed by atoms with Crippen LogP contribution in [-0.2, 0) is 20.0 Å². The number of rotatable bonds is 7. The van der Waals surface area contributed by atoms with Crippen molar-refractivity contribution in [3.05, 3.63) is 28.8 Å². The number of hydrogen-bond donors (Lipinski definition) is 3. The normalized spacial score (nSPS) is 12.3. The monoisotopic (exact) mass is 356 g/mol. The van der Waals surface area contributed by atoms with E-state index in [1.165, 1.54) is 6.07 Å². The molecule has 0 atom stereocenters. The molecule has 0 heterocycles. The topological polar surface area (TPSA) is 130 Å². The number of aromatic carboxylic acids is 1. The highest BCUT2D eigenvalue weighted by Crippen LogP contribution is 2.22. The molecule has 0 amide bonds. The van der Waals surface area contributed by atoms with Gasteiger partial charge in [-0.25, -0.2) is 31.1 Å². The third-order valence-corrected chi connectivity index (χ3v) is 4.92. The van der Waals surface area contributed by atoms with Crippen molar-refractivity contribution in [3.8, 4) is 0 Å². The highest BCUT2D eigenvalue weighted by Gasteiger charge is 2.19. The molecule has 11 heteroatoms. The van der Waals surface area contributed by atoms with Crippen molar-refractivity contribution < 1.29 is 26.7 Å². The van der Waals surface area contributed by atoms with Crippen LogP contribution in [0.1, 0.15) is 10.4 Å². The Hall–Kier alpha value is -1.20. The van der Waals surface area contributed by atoms with Crippen LogP contribution in [0.3, 0.4) is 0 Å². The van der Waals surface area contributed by atoms with Gasteiger partial charge in [0.2, 0.25) is 20.0 Å². The Labute approximate surface area is 127 Å². The SMILES string of the molecule is CS(=O)(=O)NCCNS(=O)(=O)c1cc(C(=O)O)ccc1Cl. The van der Waals surface area contributed by atoms with Crippen LogP contribution in [0.5, 0.6) is 0 Å². The molecule has 8 nitrogen and oxygen atoms in total. The van der Waals surface area contributed by atoms with E-state index in [1.54, 1.807) is 0 Å². The molecule has 0 bridgehead atoms. The van der Waals surface area contributed by atoms with Crippen LogP contribution in [0, 0.1) is 0 Å². The molecule has 1 aromatic rings. The Morgan fingerprint density at radius 1 is 1.19 bits per heavy atom. The molecule has 0 radical (unpaired) electrons. The number of sulfonamides is 2. The van der Waals surface area contributed by atoms with Gasteiger partial charge < -0.3 is 5.11 Å². The zero-order chi connectivity index (χ0) is 16.3. The van der Waals surface area contributed by atoms with Gasteiger partial charge in [-0.2, -0.15) is 0 Å². The van der Waals surface area contributed by atoms with Gasteiger partial charge in [0, 0.05) is 13.1 Å². The molecule has 0 saturated heterocycles. The predicted molar refractivity (Wildman–Crippen MR) is 76.4 cm³/mol. The first-order valence-electron chi connectivity index (χ1n) is 5.50. The van der Waals surface area contributed by atoms with Gasteiger partial charge in [-0.3, -0.25) is 0 Å². The predicted octanol–water partition coefficient (Wildman–Crippen LogP) is -0.134. The third kappa shape index (κ3) is 5.59. The van der Waals surface area contributed by atoms with E-state index in [4.69, 9.17) is 16.7 Å². The number of hydrogen-bond acceptors (Lipinski definition) is 5. The van der Waals surface area contributed by atoms with Crippen LogP contribution >= 0.6 is 11.6 Å². The highest BCUT2D eigenvalue weighted by atomic mass is 35.5. The molecule has 118 valence electrons. The second-order valence-corrected chi connectivity index (χ2v) is 7.99. The van der Waals surface area contributed by atoms with Gasteiger partial charge in [0.15, 0.2) is 0 Å². The van der Waals surface area contributed by atoms with Crippen molar-refractivity contribution >= 4 is 37.6 Å². The summed E-state index contributed by atoms with van der Waals surface area (Å²) < 4.78 is 49.9. The van der Waals surface area contributed by atoms with E-state index in [1.807, 2.05) is 0 Å². The number of benzene rings is 1. The summed E-state index contributed by atoms with van der Waals surface area (Å²) in [5.41, 5.74) is -0.228. The molecule has 0 aromatic heterocycles. The van der Waals surface area contributed by atoms with Crippen LogP contribution in [0.25, 0.3) is 0 Å². The standard InChI is InChI=1S/C10H13ClN2O6S2/c1-20(16,17)12-4-5-13-21(18,19)9-6-7(10(14)15)2-3-8(9)11/h2-3,6,12-13H,4-5H2,1H3,(H,14,15). The van der Waals surface area contributed by atoms with Gasteiger partial charge in [-0.15, -0.1) is 0 Å². The van der Waals surface area contributed by atoms with Crippen LogP contribution in [-0.4, -0.2) is 47.3 Å². The molecule has 1 rings (SSSR count). The minimum absolute atomic E-state index is 0.136. The lowest BCUT2D eigenvalue weighted by Crippen LogP contribution is -2.34. The summed E-state index contributed by atoms with van der Waals surface area (Å²) in [6.07, 6.45) is 0.939. The maximum atomic E-state index is 12.0. The lowest BCUT2D eigenvalue weighted by atomic mass is 10.2. The zero-order valence-electron chi connectivity index (χ0n) is 10.8. The fourth-order valence-electron chi connectivity index (χ4n) is 1.34. The van der Waals surface area contributed by atoms with Gasteiger partial charge >= 0.3 is 5.97 Å². The van der Waals surface area contributed by atoms with Gasteiger partial charge in [-0.1, -0.05) is 11.6 Å². The molecule has 0 aliphatic carbocycles. The zero-order valence-corrected chi connectivity index (χ0v) is 13.2. The first kappa shape index (κ1) is 17.9. The van der Waals surface area contributed by atoms with Gasteiger partial charge in [-0.05, 0) is 18.2 Å². The van der Waals surface area contributed by atoms with Gasteiger partial charge in [0.25, 0.3) is 0 Å². The average molecular weight is 357 g/mol. The van der Waals surface area contributed by atoms with Crippen molar-refractivity contribution in [1.29, 1.82) is 0 Å². The van der Waals surface area contributed by atoms with E-state index in [9.17, 15) is 21.6 Å². The molecule has 0 aliphatic rings. The minimum Gasteiger partial charge on any atom is -0.478 e. The number of carbonyl (C=O) groups is 1. The average Bonchev–Trinajstić information content (AvgIpc) is 2.33. The summed E-state index contributed by atoms with van der Waals surface area (Å²) in [6.45, 7) is -0.350. The Bertz CT molecular complexity index is 745. The van der Waals surface area contributed by atoms with E-state index in [2.05, 4.69) is 9.44 Å². The van der Waals surface area contributed by atoms with Crippen LogP contribution < -0.4 is 9.44 Å². The largest absolute Gasteiger partial charge is 0.478 e. The fraction of sp³-hybridized carbons (Fsp3) is 0.300. The molecular formula is C10H13ClN2O6S2. The van der Waals surface area contributed by atoms with Crippen molar-refractivity contribution in [2.24, 2.45) is 0 Å². The van der Waals surface area contributed by atoms with Crippen molar-refractivity contribution in [2.45, 2.75) is 4.90 Å². The first-order chi connectivity index (χ1) is 9.53. The Balaban J connectivity index is 2.88. The summed E-state index contributed by atoms with van der Waals surface area (Å²) in [4.78, 5) is 10.4. The van der Waals surface area contributed by atoms with E-state index >= 15 is 0 Å². The maximum Gasteiger partial charge on any atom is 0.335 e. The maximum absolute atomic E-state index is 12.0. The van der Waals surface area contributed by atoms with E-state index in [0.29, 0.717) is 0 Å². The van der Waals surface area contributed by atoms with Crippen LogP contribution in [0.4, 0.5) is 0 Å². The summed E-state index contributed by atoms with van der Waals surface area (Å²) in [5, 5.41) is 8.70. The van der Waals surface area contributed by atoms with Gasteiger partial charge in [0.05, 0.1) is 16.8 Å². The number of carboxylic acid groups (broad SMARTS) is 1. The fourth-order valence-corrected chi connectivity index (χ4v) is 3.37. The number of carboxylic acids is 1. The summed E-state index contributed by atoms with van der Waals surface area (Å²) in [7, 11) is -7.47. The van der Waals surface area contributed by atoms with Crippen molar-refractivity contribution in [3.63, 3.8) is 0 Å². The Morgan fingerprint density at radius 2 is 1.76 bits per heavy atom. The smallest absolute Gasteiger partial charge is 0.335 e. The molecule has 0 fully saturated rings. The van der Waals surface area contributed by atoms with Crippen LogP contribution in [0.15, 0.2) is 23.1 Å². The molecule has 0 saturated carbocycles. The third-order valence-electron chi connectivity index (χ3n) is 2.25. The van der Waals surface area contributed by atoms with Crippen molar-refractivity contribution in [1.82, 2.24) is 9.44 Å². The lowest BCUT2D eigenvalue weighted by Gasteiger charge is -2.09. The minimum atomic E-state index is -4.04. The highest BCUT2D eigenvalue weighted by molar-refractivity contribution is 7.89. The van der Waals surface area contributed by atoms with E-state index in [0.717, 1.165) is 18.4 Å². The second-order valence-electron chi connectivity index (χ2n) is 4.01. The molecular weight excluding hydrogens is 344 g/mol. The molecule has 0 spiro atoms. The van der Waals surface area contributed by atoms with E-state index < -0.39 is 26.0 Å². The summed E-state index contributed by atoms with van der Waals surface area (Å²) in [6, 6.07) is 3.26. The first-order valence-corrected chi connectivity index (χ1v) is 9.25. The number of halogens is 1. The molecule has 3 N–H and O–H groups in total. The Kier molecular flexibility index (Phi) is 5.70. The molecule has 0 aliphatic heterocycles. The lowest BCUT2D eigenvalue weighted by molar-refractivity contribution is 0.0696. The van der Waals surface area contributed by atoms with E-state index in [-0.39, 0.29) is 28.6 Å². The van der Waals surface area contributed by atoms with Gasteiger partial charge in [0.1, 0.15) is 4.90 Å². The Morgan fingerprint density at radius 3 is 2.29 bits per heavy atom.